The van der Waals surface area contributed by atoms with Crippen molar-refractivity contribution in [2.45, 2.75) is 6.92 Å². The third kappa shape index (κ3) is 2.95. The van der Waals surface area contributed by atoms with E-state index in [0.717, 1.165) is 22.0 Å². The van der Waals surface area contributed by atoms with Gasteiger partial charge in [0.15, 0.2) is 0 Å². The highest BCUT2D eigenvalue weighted by Crippen LogP contribution is 2.42. The molecule has 5 heteroatoms. The second kappa shape index (κ2) is 6.61. The highest BCUT2D eigenvalue weighted by atomic mass is 35.5. The van der Waals surface area contributed by atoms with Crippen LogP contribution in [0.25, 0.3) is 22.0 Å². The monoisotopic (exact) mass is 324 g/mol. The standard InChI is InChI=1S/C18H13ClN2O2/c1-2-23-18-17(20-11-22)16(12-6-4-3-5-7-12)14-10-13(19)8-9-15(14)21-18/h3-10H,2H2,1H3. The van der Waals surface area contributed by atoms with Crippen LogP contribution in [0.1, 0.15) is 6.92 Å². The minimum Gasteiger partial charge on any atom is -0.476 e. The Bertz CT molecular complexity index is 904. The molecule has 0 radical (unpaired) electrons. The maximum Gasteiger partial charge on any atom is 0.242 e. The normalized spacial score (nSPS) is 10.3. The van der Waals surface area contributed by atoms with E-state index in [9.17, 15) is 4.79 Å². The summed E-state index contributed by atoms with van der Waals surface area (Å²) in [6, 6.07) is 15.0. The zero-order valence-corrected chi connectivity index (χ0v) is 13.2. The van der Waals surface area contributed by atoms with Crippen LogP contribution in [-0.4, -0.2) is 17.7 Å². The van der Waals surface area contributed by atoms with Crippen LogP contribution < -0.4 is 4.74 Å². The molecule has 3 aromatic rings. The molecule has 0 saturated carbocycles. The lowest BCUT2D eigenvalue weighted by atomic mass is 9.99. The van der Waals surface area contributed by atoms with Gasteiger partial charge >= 0.3 is 0 Å². The second-order valence-electron chi connectivity index (χ2n) is 4.80. The first-order chi connectivity index (χ1) is 11.2. The molecule has 2 aromatic carbocycles. The van der Waals surface area contributed by atoms with E-state index in [1.807, 2.05) is 49.4 Å². The van der Waals surface area contributed by atoms with E-state index in [1.54, 1.807) is 12.1 Å². The molecule has 0 amide bonds. The molecule has 0 aliphatic carbocycles. The molecule has 1 aromatic heterocycles. The topological polar surface area (TPSA) is 51.6 Å². The highest BCUT2D eigenvalue weighted by molar-refractivity contribution is 6.31. The lowest BCUT2D eigenvalue weighted by Crippen LogP contribution is -1.97. The Kier molecular flexibility index (Phi) is 4.38. The molecule has 0 aliphatic rings. The number of hydrogen-bond acceptors (Lipinski definition) is 4. The number of hydrogen-bond donors (Lipinski definition) is 0. The SMILES string of the molecule is CCOc1nc2ccc(Cl)cc2c(-c2ccccc2)c1N=C=O. The van der Waals surface area contributed by atoms with Gasteiger partial charge in [-0.2, -0.15) is 4.99 Å². The molecule has 0 unspecified atom stereocenters. The molecule has 0 spiro atoms. The number of aromatic nitrogens is 1. The molecule has 0 bridgehead atoms. The number of rotatable bonds is 4. The summed E-state index contributed by atoms with van der Waals surface area (Å²) in [5.41, 5.74) is 2.74. The number of carbonyl (C=O) groups excluding carboxylic acids is 1. The van der Waals surface area contributed by atoms with Crippen molar-refractivity contribution in [3.63, 3.8) is 0 Å². The van der Waals surface area contributed by atoms with Gasteiger partial charge in [-0.25, -0.2) is 9.78 Å². The first-order valence-electron chi connectivity index (χ1n) is 7.14. The van der Waals surface area contributed by atoms with E-state index < -0.39 is 0 Å². The number of ether oxygens (including phenoxy) is 1. The number of isocyanates is 1. The summed E-state index contributed by atoms with van der Waals surface area (Å²) in [4.78, 5) is 19.2. The second-order valence-corrected chi connectivity index (χ2v) is 5.24. The summed E-state index contributed by atoms with van der Waals surface area (Å²) >= 11 is 6.14. The summed E-state index contributed by atoms with van der Waals surface area (Å²) in [6.07, 6.45) is 1.59. The van der Waals surface area contributed by atoms with Gasteiger partial charge in [0.05, 0.1) is 12.1 Å². The first kappa shape index (κ1) is 15.2. The van der Waals surface area contributed by atoms with Crippen molar-refractivity contribution < 1.29 is 9.53 Å². The largest absolute Gasteiger partial charge is 0.476 e. The summed E-state index contributed by atoms with van der Waals surface area (Å²) in [5, 5.41) is 1.39. The van der Waals surface area contributed by atoms with Gasteiger partial charge in [0.2, 0.25) is 12.0 Å². The van der Waals surface area contributed by atoms with Crippen molar-refractivity contribution in [1.29, 1.82) is 0 Å². The van der Waals surface area contributed by atoms with Crippen LogP contribution in [0.3, 0.4) is 0 Å². The van der Waals surface area contributed by atoms with E-state index in [1.165, 1.54) is 0 Å². The highest BCUT2D eigenvalue weighted by Gasteiger charge is 2.18. The third-order valence-corrected chi connectivity index (χ3v) is 3.63. The first-order valence-corrected chi connectivity index (χ1v) is 7.51. The Morgan fingerprint density at radius 3 is 2.70 bits per heavy atom. The van der Waals surface area contributed by atoms with Gasteiger partial charge in [-0.15, -0.1) is 0 Å². The Balaban J connectivity index is 2.46. The number of nitrogens with zero attached hydrogens (tertiary/aromatic N) is 2. The Hall–Kier alpha value is -2.68. The summed E-state index contributed by atoms with van der Waals surface area (Å²) in [6.45, 7) is 2.27. The van der Waals surface area contributed by atoms with Gasteiger partial charge in [0, 0.05) is 16.0 Å². The van der Waals surface area contributed by atoms with Crippen LogP contribution in [0.2, 0.25) is 5.02 Å². The molecular formula is C18H13ClN2O2. The van der Waals surface area contributed by atoms with E-state index >= 15 is 0 Å². The molecule has 23 heavy (non-hydrogen) atoms. The maximum absolute atomic E-state index is 10.9. The van der Waals surface area contributed by atoms with Crippen LogP contribution in [0.4, 0.5) is 5.69 Å². The Labute approximate surface area is 138 Å². The van der Waals surface area contributed by atoms with Gasteiger partial charge in [0.1, 0.15) is 5.69 Å². The molecule has 114 valence electrons. The molecule has 0 aliphatic heterocycles. The van der Waals surface area contributed by atoms with Crippen LogP contribution in [0.15, 0.2) is 53.5 Å². The molecule has 3 rings (SSSR count). The van der Waals surface area contributed by atoms with Gasteiger partial charge in [-0.1, -0.05) is 41.9 Å². The zero-order valence-electron chi connectivity index (χ0n) is 12.4. The quantitative estimate of drug-likeness (QED) is 0.505. The summed E-state index contributed by atoms with van der Waals surface area (Å²) < 4.78 is 5.57. The van der Waals surface area contributed by atoms with Gasteiger partial charge in [-0.05, 0) is 30.7 Å². The van der Waals surface area contributed by atoms with Crippen LogP contribution in [0.5, 0.6) is 5.88 Å². The molecule has 1 heterocycles. The smallest absolute Gasteiger partial charge is 0.242 e. The van der Waals surface area contributed by atoms with Crippen molar-refractivity contribution in [3.05, 3.63) is 53.6 Å². The van der Waals surface area contributed by atoms with Crippen molar-refractivity contribution in [2.24, 2.45) is 4.99 Å². The van der Waals surface area contributed by atoms with E-state index in [2.05, 4.69) is 9.98 Å². The molecule has 0 N–H and O–H groups in total. The number of pyridine rings is 1. The minimum absolute atomic E-state index is 0.310. The minimum atomic E-state index is 0.310. The molecule has 4 nitrogen and oxygen atoms in total. The number of benzene rings is 2. The fourth-order valence-corrected chi connectivity index (χ4v) is 2.66. The van der Waals surface area contributed by atoms with Gasteiger partial charge in [-0.3, -0.25) is 0 Å². The average Bonchev–Trinajstić information content (AvgIpc) is 2.57. The zero-order chi connectivity index (χ0) is 16.2. The number of fused-ring (bicyclic) bond motifs is 1. The van der Waals surface area contributed by atoms with Gasteiger partial charge < -0.3 is 4.74 Å². The van der Waals surface area contributed by atoms with Crippen LogP contribution >= 0.6 is 11.6 Å². The predicted octanol–water partition coefficient (Wildman–Crippen LogP) is 4.92. The molecule has 0 atom stereocenters. The third-order valence-electron chi connectivity index (χ3n) is 3.39. The van der Waals surface area contributed by atoms with Crippen LogP contribution in [-0.2, 0) is 4.79 Å². The Morgan fingerprint density at radius 2 is 2.00 bits per heavy atom. The van der Waals surface area contributed by atoms with E-state index in [4.69, 9.17) is 16.3 Å². The lowest BCUT2D eigenvalue weighted by molar-refractivity contribution is 0.329. The van der Waals surface area contributed by atoms with Crippen molar-refractivity contribution in [2.75, 3.05) is 6.61 Å². The Morgan fingerprint density at radius 1 is 1.22 bits per heavy atom. The number of aliphatic imine (C=N–C) groups is 1. The molecule has 0 fully saturated rings. The summed E-state index contributed by atoms with van der Waals surface area (Å²) in [7, 11) is 0. The summed E-state index contributed by atoms with van der Waals surface area (Å²) in [5.74, 6) is 0.310. The van der Waals surface area contributed by atoms with Gasteiger partial charge in [0.25, 0.3) is 0 Å². The number of halogens is 1. The fourth-order valence-electron chi connectivity index (χ4n) is 2.49. The van der Waals surface area contributed by atoms with Crippen molar-refractivity contribution in [3.8, 4) is 17.0 Å². The van der Waals surface area contributed by atoms with E-state index in [0.29, 0.717) is 23.2 Å². The van der Waals surface area contributed by atoms with Crippen molar-refractivity contribution in [1.82, 2.24) is 4.98 Å². The van der Waals surface area contributed by atoms with Crippen LogP contribution in [0, 0.1) is 0 Å². The lowest BCUT2D eigenvalue weighted by Gasteiger charge is -2.14. The fraction of sp³-hybridized carbons (Fsp3) is 0.111. The predicted molar refractivity (Wildman–Crippen MR) is 91.1 cm³/mol. The molecular weight excluding hydrogens is 312 g/mol. The van der Waals surface area contributed by atoms with E-state index in [-0.39, 0.29) is 0 Å². The maximum atomic E-state index is 10.9. The molecule has 0 saturated heterocycles. The average molecular weight is 325 g/mol. The van der Waals surface area contributed by atoms with Crippen molar-refractivity contribution >= 4 is 34.3 Å².